The third kappa shape index (κ3) is 1.20. The third-order valence-electron chi connectivity index (χ3n) is 2.99. The molecular formula is C9H15N3O. The average Bonchev–Trinajstić information content (AvgIpc) is 2.73. The maximum absolute atomic E-state index is 5.24. The maximum Gasteiger partial charge on any atom is 0.170 e. The summed E-state index contributed by atoms with van der Waals surface area (Å²) in [5.41, 5.74) is -0.0642. The van der Waals surface area contributed by atoms with E-state index < -0.39 is 0 Å². The molecule has 0 aromatic heterocycles. The summed E-state index contributed by atoms with van der Waals surface area (Å²) in [5.74, 6) is 0. The molecule has 0 bridgehead atoms. The van der Waals surface area contributed by atoms with Gasteiger partial charge in [0.15, 0.2) is 6.40 Å². The minimum atomic E-state index is -0.0642. The van der Waals surface area contributed by atoms with E-state index >= 15 is 0 Å². The number of hydrazone groups is 1. The van der Waals surface area contributed by atoms with E-state index in [4.69, 9.17) is 4.74 Å². The Morgan fingerprint density at radius 1 is 1.69 bits per heavy atom. The molecule has 2 aliphatic rings. The smallest absolute Gasteiger partial charge is 0.170 e. The molecule has 2 atom stereocenters. The van der Waals surface area contributed by atoms with Crippen LogP contribution in [-0.4, -0.2) is 42.9 Å². The molecule has 2 aliphatic heterocycles. The molecule has 0 amide bonds. The van der Waals surface area contributed by atoms with Gasteiger partial charge in [0.25, 0.3) is 0 Å². The van der Waals surface area contributed by atoms with E-state index in [-0.39, 0.29) is 5.54 Å². The number of hydrogen-bond acceptors (Lipinski definition) is 4. The second-order valence-corrected chi connectivity index (χ2v) is 3.63. The predicted octanol–water partition coefficient (Wildman–Crippen LogP) is 0.884. The molecular weight excluding hydrogens is 166 g/mol. The van der Waals surface area contributed by atoms with Crippen molar-refractivity contribution in [3.63, 3.8) is 0 Å². The molecule has 4 heteroatoms. The summed E-state index contributed by atoms with van der Waals surface area (Å²) in [4.78, 5) is 4.45. The van der Waals surface area contributed by atoms with Crippen LogP contribution in [0.3, 0.4) is 0 Å². The molecule has 2 rings (SSSR count). The summed E-state index contributed by atoms with van der Waals surface area (Å²) in [6, 6.07) is 0.372. The summed E-state index contributed by atoms with van der Waals surface area (Å²) in [6.45, 7) is 2.85. The molecule has 0 aliphatic carbocycles. The molecule has 0 saturated carbocycles. The Bertz CT molecular complexity index is 251. The molecule has 0 aromatic carbocycles. The summed E-state index contributed by atoms with van der Waals surface area (Å²) in [6.07, 6.45) is 5.51. The van der Waals surface area contributed by atoms with Gasteiger partial charge in [0.1, 0.15) is 12.1 Å². The van der Waals surface area contributed by atoms with E-state index in [0.717, 1.165) is 12.8 Å². The van der Waals surface area contributed by atoms with Crippen LogP contribution >= 0.6 is 0 Å². The van der Waals surface area contributed by atoms with Crippen LogP contribution in [0.15, 0.2) is 10.1 Å². The van der Waals surface area contributed by atoms with E-state index in [9.17, 15) is 0 Å². The SMILES string of the molecule is CCC1(C2CC=NN2C)COC=N1. The Morgan fingerprint density at radius 3 is 3.00 bits per heavy atom. The first kappa shape index (κ1) is 8.53. The molecule has 0 spiro atoms. The van der Waals surface area contributed by atoms with E-state index in [0.29, 0.717) is 12.6 Å². The van der Waals surface area contributed by atoms with Gasteiger partial charge < -0.3 is 4.74 Å². The Kier molecular flexibility index (Phi) is 1.98. The Balaban J connectivity index is 2.17. The van der Waals surface area contributed by atoms with Gasteiger partial charge in [-0.3, -0.25) is 5.01 Å². The third-order valence-corrected chi connectivity index (χ3v) is 2.99. The number of likely N-dealkylation sites (N-methyl/N-ethyl adjacent to an activating group) is 1. The molecule has 13 heavy (non-hydrogen) atoms. The first-order valence-electron chi connectivity index (χ1n) is 4.69. The average molecular weight is 181 g/mol. The van der Waals surface area contributed by atoms with E-state index in [1.54, 1.807) is 6.40 Å². The fraction of sp³-hybridized carbons (Fsp3) is 0.778. The van der Waals surface area contributed by atoms with Gasteiger partial charge in [0.05, 0.1) is 6.04 Å². The number of ether oxygens (including phenoxy) is 1. The lowest BCUT2D eigenvalue weighted by molar-refractivity contribution is 0.137. The topological polar surface area (TPSA) is 37.2 Å². The summed E-state index contributed by atoms with van der Waals surface area (Å²) >= 11 is 0. The first-order chi connectivity index (χ1) is 6.28. The quantitative estimate of drug-likeness (QED) is 0.634. The van der Waals surface area contributed by atoms with Crippen LogP contribution in [0.5, 0.6) is 0 Å². The number of aliphatic imine (C=N–C) groups is 1. The molecule has 2 heterocycles. The molecule has 0 aromatic rings. The molecule has 0 fully saturated rings. The predicted molar refractivity (Wildman–Crippen MR) is 52.1 cm³/mol. The highest BCUT2D eigenvalue weighted by Gasteiger charge is 2.43. The number of rotatable bonds is 2. The summed E-state index contributed by atoms with van der Waals surface area (Å²) in [7, 11) is 2.00. The second-order valence-electron chi connectivity index (χ2n) is 3.63. The van der Waals surface area contributed by atoms with Crippen LogP contribution in [0.25, 0.3) is 0 Å². The van der Waals surface area contributed by atoms with Gasteiger partial charge in [-0.2, -0.15) is 5.10 Å². The molecule has 0 N–H and O–H groups in total. The van der Waals surface area contributed by atoms with Crippen LogP contribution in [0.2, 0.25) is 0 Å². The lowest BCUT2D eigenvalue weighted by atomic mass is 9.87. The van der Waals surface area contributed by atoms with Crippen molar-refractivity contribution in [2.75, 3.05) is 13.7 Å². The molecule has 0 saturated heterocycles. The number of nitrogens with zero attached hydrogens (tertiary/aromatic N) is 3. The Hall–Kier alpha value is -1.06. The zero-order valence-corrected chi connectivity index (χ0v) is 8.10. The van der Waals surface area contributed by atoms with Crippen molar-refractivity contribution in [3.8, 4) is 0 Å². The summed E-state index contributed by atoms with van der Waals surface area (Å²) < 4.78 is 5.24. The Labute approximate surface area is 78.3 Å². The monoisotopic (exact) mass is 181 g/mol. The van der Waals surface area contributed by atoms with Gasteiger partial charge in [-0.25, -0.2) is 4.99 Å². The van der Waals surface area contributed by atoms with E-state index in [1.165, 1.54) is 0 Å². The first-order valence-corrected chi connectivity index (χ1v) is 4.69. The van der Waals surface area contributed by atoms with Crippen molar-refractivity contribution in [2.45, 2.75) is 31.3 Å². The van der Waals surface area contributed by atoms with Crippen molar-refractivity contribution < 1.29 is 4.74 Å². The van der Waals surface area contributed by atoms with Crippen LogP contribution in [0, 0.1) is 0 Å². The normalized spacial score (nSPS) is 37.1. The highest BCUT2D eigenvalue weighted by Crippen LogP contribution is 2.31. The standard InChI is InChI=1S/C9H15N3O/c1-3-9(6-13-7-10-9)8-4-5-11-12(8)2/h5,7-8H,3-4,6H2,1-2H3. The van der Waals surface area contributed by atoms with Gasteiger partial charge in [0, 0.05) is 19.7 Å². The fourth-order valence-electron chi connectivity index (χ4n) is 2.05. The van der Waals surface area contributed by atoms with Crippen molar-refractivity contribution >= 4 is 12.6 Å². The van der Waals surface area contributed by atoms with Gasteiger partial charge in [0.2, 0.25) is 0 Å². The second kappa shape index (κ2) is 3.01. The molecule has 72 valence electrons. The fourth-order valence-corrected chi connectivity index (χ4v) is 2.05. The van der Waals surface area contributed by atoms with Crippen LogP contribution in [-0.2, 0) is 4.74 Å². The lowest BCUT2D eigenvalue weighted by Gasteiger charge is -2.33. The molecule has 2 unspecified atom stereocenters. The maximum atomic E-state index is 5.24. The van der Waals surface area contributed by atoms with Crippen LogP contribution < -0.4 is 0 Å². The van der Waals surface area contributed by atoms with Crippen molar-refractivity contribution in [2.24, 2.45) is 10.1 Å². The zero-order valence-electron chi connectivity index (χ0n) is 8.10. The van der Waals surface area contributed by atoms with Crippen molar-refractivity contribution in [3.05, 3.63) is 0 Å². The van der Waals surface area contributed by atoms with Crippen LogP contribution in [0.1, 0.15) is 19.8 Å². The highest BCUT2D eigenvalue weighted by molar-refractivity contribution is 5.61. The summed E-state index contributed by atoms with van der Waals surface area (Å²) in [5, 5.41) is 6.23. The largest absolute Gasteiger partial charge is 0.481 e. The number of hydrogen-bond donors (Lipinski definition) is 0. The zero-order chi connectivity index (χ0) is 9.31. The van der Waals surface area contributed by atoms with Gasteiger partial charge in [-0.1, -0.05) is 6.92 Å². The van der Waals surface area contributed by atoms with E-state index in [2.05, 4.69) is 17.0 Å². The van der Waals surface area contributed by atoms with Gasteiger partial charge in [-0.15, -0.1) is 0 Å². The minimum absolute atomic E-state index is 0.0642. The van der Waals surface area contributed by atoms with Crippen LogP contribution in [0.4, 0.5) is 0 Å². The lowest BCUT2D eigenvalue weighted by Crippen LogP contribution is -2.47. The Morgan fingerprint density at radius 2 is 2.54 bits per heavy atom. The minimum Gasteiger partial charge on any atom is -0.481 e. The highest BCUT2D eigenvalue weighted by atomic mass is 16.5. The van der Waals surface area contributed by atoms with Crippen molar-refractivity contribution in [1.29, 1.82) is 0 Å². The molecule has 4 nitrogen and oxygen atoms in total. The van der Waals surface area contributed by atoms with E-state index in [1.807, 2.05) is 18.3 Å². The van der Waals surface area contributed by atoms with Gasteiger partial charge >= 0.3 is 0 Å². The molecule has 0 radical (unpaired) electrons. The van der Waals surface area contributed by atoms with Crippen molar-refractivity contribution in [1.82, 2.24) is 5.01 Å². The van der Waals surface area contributed by atoms with Gasteiger partial charge in [-0.05, 0) is 6.42 Å².